The Kier molecular flexibility index (Phi) is 3.82. The molecule has 0 fully saturated rings. The number of alkyl halides is 3. The standard InChI is InChI=1S/C8H5Cl2F2NO2/c9-2-3-1-4(7(11)12)5(10)6(13-3)8(14)15/h1,7H,2H2,(H,14,15). The summed E-state index contributed by atoms with van der Waals surface area (Å²) in [5.41, 5.74) is -1.13. The molecule has 0 atom stereocenters. The van der Waals surface area contributed by atoms with Gasteiger partial charge in [0.05, 0.1) is 16.6 Å². The van der Waals surface area contributed by atoms with Gasteiger partial charge in [0.25, 0.3) is 6.43 Å². The lowest BCUT2D eigenvalue weighted by molar-refractivity contribution is 0.0690. The van der Waals surface area contributed by atoms with Crippen LogP contribution in [0.4, 0.5) is 8.78 Å². The Morgan fingerprint density at radius 2 is 2.20 bits per heavy atom. The van der Waals surface area contributed by atoms with Gasteiger partial charge in [-0.25, -0.2) is 18.6 Å². The van der Waals surface area contributed by atoms with Gasteiger partial charge >= 0.3 is 5.97 Å². The minimum atomic E-state index is -2.86. The first-order chi connectivity index (χ1) is 6.97. The molecule has 0 bridgehead atoms. The van der Waals surface area contributed by atoms with E-state index in [-0.39, 0.29) is 11.6 Å². The fourth-order valence-corrected chi connectivity index (χ4v) is 1.37. The van der Waals surface area contributed by atoms with E-state index in [0.717, 1.165) is 6.07 Å². The molecule has 0 amide bonds. The van der Waals surface area contributed by atoms with Crippen LogP contribution in [0.1, 0.15) is 28.2 Å². The first-order valence-electron chi connectivity index (χ1n) is 3.74. The van der Waals surface area contributed by atoms with Crippen LogP contribution in [0.15, 0.2) is 6.07 Å². The molecule has 0 saturated carbocycles. The number of carboxylic acid groups (broad SMARTS) is 1. The second-order valence-electron chi connectivity index (χ2n) is 2.60. The molecule has 15 heavy (non-hydrogen) atoms. The fraction of sp³-hybridized carbons (Fsp3) is 0.250. The van der Waals surface area contributed by atoms with Crippen LogP contribution in [-0.2, 0) is 5.88 Å². The Balaban J connectivity index is 3.40. The second kappa shape index (κ2) is 4.72. The molecule has 1 N–H and O–H groups in total. The number of nitrogens with zero attached hydrogens (tertiary/aromatic N) is 1. The molecule has 1 heterocycles. The van der Waals surface area contributed by atoms with E-state index in [9.17, 15) is 13.6 Å². The van der Waals surface area contributed by atoms with Crippen molar-refractivity contribution < 1.29 is 18.7 Å². The van der Waals surface area contributed by atoms with Gasteiger partial charge in [0.1, 0.15) is 0 Å². The second-order valence-corrected chi connectivity index (χ2v) is 3.25. The summed E-state index contributed by atoms with van der Waals surface area (Å²) in [7, 11) is 0. The fourth-order valence-electron chi connectivity index (χ4n) is 0.973. The number of carbonyl (C=O) groups is 1. The quantitative estimate of drug-likeness (QED) is 0.845. The zero-order chi connectivity index (χ0) is 11.6. The van der Waals surface area contributed by atoms with Gasteiger partial charge in [0, 0.05) is 5.56 Å². The number of pyridine rings is 1. The molecule has 1 aromatic rings. The van der Waals surface area contributed by atoms with Crippen LogP contribution in [0, 0.1) is 0 Å². The van der Waals surface area contributed by atoms with Crippen molar-refractivity contribution in [2.45, 2.75) is 12.3 Å². The zero-order valence-electron chi connectivity index (χ0n) is 7.18. The third kappa shape index (κ3) is 2.54. The van der Waals surface area contributed by atoms with Gasteiger partial charge in [-0.3, -0.25) is 0 Å². The molecule has 0 aromatic carbocycles. The summed E-state index contributed by atoms with van der Waals surface area (Å²) in [4.78, 5) is 14.2. The van der Waals surface area contributed by atoms with E-state index in [1.54, 1.807) is 0 Å². The molecule has 0 saturated heterocycles. The van der Waals surface area contributed by atoms with Crippen LogP contribution in [0.5, 0.6) is 0 Å². The molecule has 0 aliphatic carbocycles. The Morgan fingerprint density at radius 3 is 2.60 bits per heavy atom. The maximum Gasteiger partial charge on any atom is 0.356 e. The summed E-state index contributed by atoms with van der Waals surface area (Å²) in [6.07, 6.45) is -2.86. The average molecular weight is 256 g/mol. The minimum absolute atomic E-state index is 0.0498. The predicted molar refractivity (Wildman–Crippen MR) is 50.7 cm³/mol. The molecule has 82 valence electrons. The topological polar surface area (TPSA) is 50.2 Å². The van der Waals surface area contributed by atoms with E-state index in [0.29, 0.717) is 0 Å². The molecular weight excluding hydrogens is 251 g/mol. The van der Waals surface area contributed by atoms with Crippen LogP contribution in [0.2, 0.25) is 5.02 Å². The monoisotopic (exact) mass is 255 g/mol. The summed E-state index contributed by atoms with van der Waals surface area (Å²) in [6.45, 7) is 0. The normalized spacial score (nSPS) is 10.7. The minimum Gasteiger partial charge on any atom is -0.476 e. The molecule has 0 radical (unpaired) electrons. The Labute approximate surface area is 93.6 Å². The summed E-state index contributed by atoms with van der Waals surface area (Å²) in [6, 6.07) is 0.992. The van der Waals surface area contributed by atoms with Crippen molar-refractivity contribution in [2.75, 3.05) is 0 Å². The highest BCUT2D eigenvalue weighted by atomic mass is 35.5. The van der Waals surface area contributed by atoms with Crippen LogP contribution < -0.4 is 0 Å². The highest BCUT2D eigenvalue weighted by Crippen LogP contribution is 2.30. The number of hydrogen-bond donors (Lipinski definition) is 1. The van der Waals surface area contributed by atoms with E-state index < -0.39 is 28.7 Å². The van der Waals surface area contributed by atoms with Gasteiger partial charge in [-0.05, 0) is 6.07 Å². The van der Waals surface area contributed by atoms with Crippen molar-refractivity contribution in [3.63, 3.8) is 0 Å². The van der Waals surface area contributed by atoms with E-state index in [1.807, 2.05) is 0 Å². The van der Waals surface area contributed by atoms with Crippen LogP contribution >= 0.6 is 23.2 Å². The van der Waals surface area contributed by atoms with Gasteiger partial charge in [-0.15, -0.1) is 11.6 Å². The third-order valence-electron chi connectivity index (χ3n) is 1.61. The highest BCUT2D eigenvalue weighted by molar-refractivity contribution is 6.34. The van der Waals surface area contributed by atoms with E-state index >= 15 is 0 Å². The molecule has 0 spiro atoms. The van der Waals surface area contributed by atoms with Crippen molar-refractivity contribution in [1.29, 1.82) is 0 Å². The summed E-state index contributed by atoms with van der Waals surface area (Å²) >= 11 is 10.9. The smallest absolute Gasteiger partial charge is 0.356 e. The predicted octanol–water partition coefficient (Wildman–Crippen LogP) is 3.11. The van der Waals surface area contributed by atoms with Crippen molar-refractivity contribution in [2.24, 2.45) is 0 Å². The molecule has 0 aliphatic rings. The lowest BCUT2D eigenvalue weighted by atomic mass is 10.2. The van der Waals surface area contributed by atoms with Crippen molar-refractivity contribution >= 4 is 29.2 Å². The van der Waals surface area contributed by atoms with Crippen molar-refractivity contribution in [3.8, 4) is 0 Å². The number of carboxylic acids is 1. The largest absolute Gasteiger partial charge is 0.476 e. The summed E-state index contributed by atoms with van der Waals surface area (Å²) in [5, 5.41) is 8.11. The van der Waals surface area contributed by atoms with Gasteiger partial charge < -0.3 is 5.11 Å². The molecule has 0 aliphatic heterocycles. The summed E-state index contributed by atoms with van der Waals surface area (Å²) < 4.78 is 24.9. The Hall–Kier alpha value is -0.940. The first-order valence-corrected chi connectivity index (χ1v) is 4.65. The Morgan fingerprint density at radius 1 is 1.60 bits per heavy atom. The number of rotatable bonds is 3. The number of halogens is 4. The Bertz CT molecular complexity index is 398. The molecule has 1 rings (SSSR count). The summed E-state index contributed by atoms with van der Waals surface area (Å²) in [5.74, 6) is -1.62. The maximum atomic E-state index is 12.4. The number of hydrogen-bond acceptors (Lipinski definition) is 2. The lowest BCUT2D eigenvalue weighted by Crippen LogP contribution is -2.06. The molecule has 7 heteroatoms. The van der Waals surface area contributed by atoms with Gasteiger partial charge in [0.2, 0.25) is 0 Å². The highest BCUT2D eigenvalue weighted by Gasteiger charge is 2.21. The molecule has 1 aromatic heterocycles. The van der Waals surface area contributed by atoms with Gasteiger partial charge in [-0.2, -0.15) is 0 Å². The molecular formula is C8H5Cl2F2NO2. The zero-order valence-corrected chi connectivity index (χ0v) is 8.69. The molecule has 0 unspecified atom stereocenters. The SMILES string of the molecule is O=C(O)c1nc(CCl)cc(C(F)F)c1Cl. The van der Waals surface area contributed by atoms with Crippen LogP contribution in [0.3, 0.4) is 0 Å². The van der Waals surface area contributed by atoms with Crippen LogP contribution in [0.25, 0.3) is 0 Å². The van der Waals surface area contributed by atoms with E-state index in [1.165, 1.54) is 0 Å². The first kappa shape index (κ1) is 12.1. The lowest BCUT2D eigenvalue weighted by Gasteiger charge is -2.07. The van der Waals surface area contributed by atoms with Gasteiger partial charge in [-0.1, -0.05) is 11.6 Å². The van der Waals surface area contributed by atoms with Crippen molar-refractivity contribution in [1.82, 2.24) is 4.98 Å². The number of aromatic nitrogens is 1. The maximum absolute atomic E-state index is 12.4. The van der Waals surface area contributed by atoms with Gasteiger partial charge in [0.15, 0.2) is 5.69 Å². The number of aromatic carboxylic acids is 1. The van der Waals surface area contributed by atoms with Crippen LogP contribution in [-0.4, -0.2) is 16.1 Å². The average Bonchev–Trinajstić information content (AvgIpc) is 2.17. The van der Waals surface area contributed by atoms with E-state index in [4.69, 9.17) is 28.3 Å². The van der Waals surface area contributed by atoms with Crippen molar-refractivity contribution in [3.05, 3.63) is 28.0 Å². The van der Waals surface area contributed by atoms with E-state index in [2.05, 4.69) is 4.98 Å². The molecule has 3 nitrogen and oxygen atoms in total. The third-order valence-corrected chi connectivity index (χ3v) is 2.28.